The van der Waals surface area contributed by atoms with E-state index in [1.165, 1.54) is 0 Å². The minimum atomic E-state index is -0.185. The van der Waals surface area contributed by atoms with Crippen LogP contribution in [0.4, 0.5) is 0 Å². The molecular formula is C19H22N2O3S. The van der Waals surface area contributed by atoms with Crippen molar-refractivity contribution in [2.75, 3.05) is 25.5 Å². The van der Waals surface area contributed by atoms with Crippen LogP contribution in [0.3, 0.4) is 0 Å². The van der Waals surface area contributed by atoms with Crippen molar-refractivity contribution in [3.8, 4) is 11.5 Å². The molecule has 0 radical (unpaired) electrons. The summed E-state index contributed by atoms with van der Waals surface area (Å²) in [7, 11) is 0. The fourth-order valence-electron chi connectivity index (χ4n) is 2.51. The highest BCUT2D eigenvalue weighted by molar-refractivity contribution is 7.99. The summed E-state index contributed by atoms with van der Waals surface area (Å²) < 4.78 is 11.1. The average molecular weight is 358 g/mol. The highest BCUT2D eigenvalue weighted by Crippen LogP contribution is 2.34. The van der Waals surface area contributed by atoms with E-state index in [1.807, 2.05) is 48.5 Å². The maximum atomic E-state index is 12.0. The van der Waals surface area contributed by atoms with E-state index < -0.39 is 0 Å². The smallest absolute Gasteiger partial charge is 0.220 e. The summed E-state index contributed by atoms with van der Waals surface area (Å²) in [5, 5.41) is 2.90. The molecule has 3 rings (SSSR count). The van der Waals surface area contributed by atoms with E-state index in [0.717, 1.165) is 22.0 Å². The van der Waals surface area contributed by atoms with Gasteiger partial charge in [0.1, 0.15) is 13.2 Å². The molecule has 132 valence electrons. The van der Waals surface area contributed by atoms with Gasteiger partial charge in [0.05, 0.1) is 0 Å². The molecule has 1 heterocycles. The molecule has 3 N–H and O–H groups in total. The Labute approximate surface area is 151 Å². The summed E-state index contributed by atoms with van der Waals surface area (Å²) in [6, 6.07) is 15.4. The van der Waals surface area contributed by atoms with Crippen molar-refractivity contribution in [3.63, 3.8) is 0 Å². The van der Waals surface area contributed by atoms with Crippen molar-refractivity contribution in [1.29, 1.82) is 0 Å². The molecule has 25 heavy (non-hydrogen) atoms. The number of carbonyl (C=O) groups is 1. The van der Waals surface area contributed by atoms with E-state index in [-0.39, 0.29) is 11.9 Å². The highest BCUT2D eigenvalue weighted by Gasteiger charge is 2.12. The number of ether oxygens (including phenoxy) is 2. The first kappa shape index (κ1) is 17.6. The second kappa shape index (κ2) is 8.78. The number of carbonyl (C=O) groups excluding carboxylic acids is 1. The van der Waals surface area contributed by atoms with Crippen LogP contribution < -0.4 is 20.5 Å². The molecule has 0 saturated heterocycles. The Hall–Kier alpha value is -2.18. The lowest BCUT2D eigenvalue weighted by molar-refractivity contribution is -0.120. The molecule has 1 atom stereocenters. The third-order valence-electron chi connectivity index (χ3n) is 3.86. The first-order valence-electron chi connectivity index (χ1n) is 8.32. The summed E-state index contributed by atoms with van der Waals surface area (Å²) >= 11 is 1.62. The van der Waals surface area contributed by atoms with Crippen LogP contribution in [0.2, 0.25) is 0 Å². The minimum Gasteiger partial charge on any atom is -0.486 e. The molecule has 1 aliphatic rings. The van der Waals surface area contributed by atoms with Gasteiger partial charge in [0.25, 0.3) is 0 Å². The number of hydrogen-bond donors (Lipinski definition) is 2. The van der Waals surface area contributed by atoms with E-state index in [1.54, 1.807) is 11.8 Å². The molecule has 1 unspecified atom stereocenters. The Morgan fingerprint density at radius 3 is 2.68 bits per heavy atom. The molecule has 0 spiro atoms. The van der Waals surface area contributed by atoms with Crippen LogP contribution in [0, 0.1) is 0 Å². The molecule has 1 amide bonds. The van der Waals surface area contributed by atoms with Crippen LogP contribution in [-0.4, -0.2) is 31.4 Å². The number of thioether (sulfide) groups is 1. The van der Waals surface area contributed by atoms with Gasteiger partial charge < -0.3 is 20.5 Å². The van der Waals surface area contributed by atoms with Gasteiger partial charge in [-0.15, -0.1) is 11.8 Å². The zero-order valence-corrected chi connectivity index (χ0v) is 14.8. The highest BCUT2D eigenvalue weighted by atomic mass is 32.2. The Morgan fingerprint density at radius 2 is 1.88 bits per heavy atom. The fourth-order valence-corrected chi connectivity index (χ4v) is 3.38. The van der Waals surface area contributed by atoms with E-state index in [2.05, 4.69) is 5.32 Å². The predicted molar refractivity (Wildman–Crippen MR) is 99.2 cm³/mol. The molecule has 6 heteroatoms. The molecule has 1 aliphatic heterocycles. The van der Waals surface area contributed by atoms with Crippen molar-refractivity contribution < 1.29 is 14.3 Å². The first-order valence-corrected chi connectivity index (χ1v) is 9.30. The summed E-state index contributed by atoms with van der Waals surface area (Å²) in [6.07, 6.45) is 0.445. The van der Waals surface area contributed by atoms with E-state index >= 15 is 0 Å². The Kier molecular flexibility index (Phi) is 6.19. The zero-order valence-electron chi connectivity index (χ0n) is 13.9. The molecule has 0 fully saturated rings. The van der Waals surface area contributed by atoms with E-state index in [9.17, 15) is 4.79 Å². The molecule has 5 nitrogen and oxygen atoms in total. The van der Waals surface area contributed by atoms with Gasteiger partial charge in [-0.3, -0.25) is 4.79 Å². The lowest BCUT2D eigenvalue weighted by atomic mass is 10.1. The van der Waals surface area contributed by atoms with Gasteiger partial charge in [-0.1, -0.05) is 30.3 Å². The van der Waals surface area contributed by atoms with Crippen molar-refractivity contribution in [2.24, 2.45) is 5.73 Å². The number of rotatable bonds is 7. The maximum Gasteiger partial charge on any atom is 0.220 e. The van der Waals surface area contributed by atoms with Crippen LogP contribution in [0.25, 0.3) is 0 Å². The van der Waals surface area contributed by atoms with Crippen LogP contribution in [0.5, 0.6) is 11.5 Å². The Balaban J connectivity index is 1.39. The summed E-state index contributed by atoms with van der Waals surface area (Å²) in [6.45, 7) is 1.60. The number of benzene rings is 2. The summed E-state index contributed by atoms with van der Waals surface area (Å²) in [5.74, 6) is 2.26. The summed E-state index contributed by atoms with van der Waals surface area (Å²) in [4.78, 5) is 13.0. The topological polar surface area (TPSA) is 73.6 Å². The van der Waals surface area contributed by atoms with Crippen molar-refractivity contribution in [2.45, 2.75) is 17.4 Å². The maximum absolute atomic E-state index is 12.0. The van der Waals surface area contributed by atoms with Crippen LogP contribution >= 0.6 is 11.8 Å². The van der Waals surface area contributed by atoms with Crippen LogP contribution in [0.15, 0.2) is 53.4 Å². The van der Waals surface area contributed by atoms with Crippen LogP contribution in [0.1, 0.15) is 18.0 Å². The molecule has 0 aromatic heterocycles. The number of amides is 1. The molecule has 2 aromatic rings. The average Bonchev–Trinajstić information content (AvgIpc) is 2.66. The van der Waals surface area contributed by atoms with Crippen molar-refractivity contribution in [3.05, 3.63) is 54.1 Å². The minimum absolute atomic E-state index is 0.0106. The van der Waals surface area contributed by atoms with Gasteiger partial charge in [0, 0.05) is 29.7 Å². The largest absolute Gasteiger partial charge is 0.486 e. The van der Waals surface area contributed by atoms with Gasteiger partial charge in [-0.05, 0) is 23.8 Å². The van der Waals surface area contributed by atoms with Crippen molar-refractivity contribution >= 4 is 17.7 Å². The third-order valence-corrected chi connectivity index (χ3v) is 4.85. The van der Waals surface area contributed by atoms with Gasteiger partial charge >= 0.3 is 0 Å². The normalized spacial score (nSPS) is 14.0. The monoisotopic (exact) mass is 358 g/mol. The fraction of sp³-hybridized carbons (Fsp3) is 0.316. The van der Waals surface area contributed by atoms with Gasteiger partial charge in [0.2, 0.25) is 5.91 Å². The second-order valence-electron chi connectivity index (χ2n) is 5.73. The first-order chi connectivity index (χ1) is 12.2. The lowest BCUT2D eigenvalue weighted by Crippen LogP contribution is -2.32. The zero-order chi connectivity index (χ0) is 17.5. The van der Waals surface area contributed by atoms with Crippen molar-refractivity contribution in [1.82, 2.24) is 5.32 Å². The lowest BCUT2D eigenvalue weighted by Gasteiger charge is -2.18. The SMILES string of the molecule is NC(CNC(=O)CCSc1ccc2c(c1)OCCO2)c1ccccc1. The number of nitrogens with one attached hydrogen (secondary N) is 1. The molecular weight excluding hydrogens is 336 g/mol. The van der Waals surface area contributed by atoms with Crippen LogP contribution in [-0.2, 0) is 4.79 Å². The molecule has 2 aromatic carbocycles. The van der Waals surface area contributed by atoms with E-state index in [4.69, 9.17) is 15.2 Å². The summed E-state index contributed by atoms with van der Waals surface area (Å²) in [5.41, 5.74) is 7.10. The molecule has 0 saturated carbocycles. The Morgan fingerprint density at radius 1 is 1.12 bits per heavy atom. The van der Waals surface area contributed by atoms with Gasteiger partial charge in [-0.25, -0.2) is 0 Å². The number of fused-ring (bicyclic) bond motifs is 1. The van der Waals surface area contributed by atoms with E-state index in [0.29, 0.717) is 31.9 Å². The second-order valence-corrected chi connectivity index (χ2v) is 6.89. The number of hydrogen-bond acceptors (Lipinski definition) is 5. The van der Waals surface area contributed by atoms with Gasteiger partial charge in [0.15, 0.2) is 11.5 Å². The molecule has 0 bridgehead atoms. The predicted octanol–water partition coefficient (Wildman–Crippen LogP) is 2.76. The van der Waals surface area contributed by atoms with Gasteiger partial charge in [-0.2, -0.15) is 0 Å². The quantitative estimate of drug-likeness (QED) is 0.745. The molecule has 0 aliphatic carbocycles. The number of nitrogens with two attached hydrogens (primary N) is 1. The third kappa shape index (κ3) is 5.14. The Bertz CT molecular complexity index is 709. The standard InChI is InChI=1S/C19H22N2O3S/c20-16(14-4-2-1-3-5-14)13-21-19(22)8-11-25-15-6-7-17-18(12-15)24-10-9-23-17/h1-7,12,16H,8-11,13,20H2,(H,21,22).